The molecule has 0 aliphatic heterocycles. The molecule has 4 aromatic heterocycles. The Balaban J connectivity index is 1.04. The van der Waals surface area contributed by atoms with Crippen molar-refractivity contribution in [3.8, 4) is 45.4 Å². The van der Waals surface area contributed by atoms with Crippen LogP contribution in [0.15, 0.2) is 167 Å². The van der Waals surface area contributed by atoms with Crippen molar-refractivity contribution in [1.82, 2.24) is 19.9 Å². The second-order valence-corrected chi connectivity index (χ2v) is 13.0. The van der Waals surface area contributed by atoms with E-state index < -0.39 is 0 Å². The van der Waals surface area contributed by atoms with Crippen LogP contribution >= 0.6 is 0 Å². The quantitative estimate of drug-likeness (QED) is 0.174. The van der Waals surface area contributed by atoms with Gasteiger partial charge >= 0.3 is 0 Å². The molecule has 11 aromatic rings. The smallest absolute Gasteiger partial charge is 0.227 e. The molecule has 0 N–H and O–H groups in total. The number of aromatic nitrogens is 4. The van der Waals surface area contributed by atoms with Crippen LogP contribution < -0.4 is 0 Å². The molecule has 0 amide bonds. The molecule has 0 saturated heterocycles. The lowest BCUT2D eigenvalue weighted by molar-refractivity contribution is 0.619. The summed E-state index contributed by atoms with van der Waals surface area (Å²) in [5, 5.41) is 6.54. The predicted octanol–water partition coefficient (Wildman–Crippen LogP) is 12.0. The van der Waals surface area contributed by atoms with Crippen LogP contribution in [0.4, 0.5) is 0 Å². The van der Waals surface area contributed by atoms with Gasteiger partial charge in [-0.15, -0.1) is 0 Å². The number of hydrogen-bond acceptors (Lipinski definition) is 6. The second kappa shape index (κ2) is 11.2. The lowest BCUT2D eigenvalue weighted by atomic mass is 9.88. The molecule has 6 nitrogen and oxygen atoms in total. The maximum Gasteiger partial charge on any atom is 0.227 e. The number of oxazole rings is 2. The van der Waals surface area contributed by atoms with E-state index in [0.29, 0.717) is 11.8 Å². The van der Waals surface area contributed by atoms with Crippen LogP contribution in [0.2, 0.25) is 0 Å². The van der Waals surface area contributed by atoms with E-state index in [0.717, 1.165) is 99.2 Å². The van der Waals surface area contributed by atoms with E-state index in [9.17, 15) is 0 Å². The average molecular weight is 667 g/mol. The minimum absolute atomic E-state index is 0.603. The van der Waals surface area contributed by atoms with Crippen LogP contribution in [0.1, 0.15) is 0 Å². The van der Waals surface area contributed by atoms with Gasteiger partial charge < -0.3 is 8.83 Å². The van der Waals surface area contributed by atoms with E-state index in [1.807, 2.05) is 60.7 Å². The first kappa shape index (κ1) is 28.6. The molecular formula is C46H26N4O2. The summed E-state index contributed by atoms with van der Waals surface area (Å²) in [5.74, 6) is 1.21. The van der Waals surface area contributed by atoms with Gasteiger partial charge in [0.1, 0.15) is 11.0 Å². The van der Waals surface area contributed by atoms with Crippen molar-refractivity contribution in [2.24, 2.45) is 0 Å². The Labute approximate surface area is 296 Å². The molecule has 7 aromatic carbocycles. The highest BCUT2D eigenvalue weighted by Gasteiger charge is 2.19. The zero-order chi connectivity index (χ0) is 34.2. The number of para-hydroxylation sites is 4. The molecule has 0 bridgehead atoms. The van der Waals surface area contributed by atoms with Gasteiger partial charge in [0, 0.05) is 33.0 Å². The van der Waals surface area contributed by atoms with Crippen LogP contribution in [0.5, 0.6) is 0 Å². The Morgan fingerprint density at radius 1 is 0.327 bits per heavy atom. The van der Waals surface area contributed by atoms with Crippen molar-refractivity contribution in [3.05, 3.63) is 158 Å². The molecule has 52 heavy (non-hydrogen) atoms. The summed E-state index contributed by atoms with van der Waals surface area (Å²) in [6.45, 7) is 0. The Kier molecular flexibility index (Phi) is 6.15. The van der Waals surface area contributed by atoms with Crippen LogP contribution in [-0.4, -0.2) is 19.9 Å². The van der Waals surface area contributed by atoms with Gasteiger partial charge in [-0.25, -0.2) is 19.9 Å². The molecule has 0 aliphatic rings. The highest BCUT2D eigenvalue weighted by atomic mass is 16.4. The van der Waals surface area contributed by atoms with Gasteiger partial charge in [-0.2, -0.15) is 0 Å². The molecule has 6 heteroatoms. The van der Waals surface area contributed by atoms with E-state index in [2.05, 4.69) is 97.1 Å². The number of pyridine rings is 2. The molecule has 0 aliphatic carbocycles. The van der Waals surface area contributed by atoms with E-state index in [-0.39, 0.29) is 0 Å². The Bertz CT molecular complexity index is 2870. The van der Waals surface area contributed by atoms with Gasteiger partial charge in [-0.3, -0.25) is 0 Å². The minimum atomic E-state index is 0.603. The fraction of sp³-hybridized carbons (Fsp3) is 0. The largest absolute Gasteiger partial charge is 0.436 e. The molecule has 242 valence electrons. The second-order valence-electron chi connectivity index (χ2n) is 13.0. The van der Waals surface area contributed by atoms with E-state index in [4.69, 9.17) is 28.8 Å². The van der Waals surface area contributed by atoms with Gasteiger partial charge in [-0.05, 0) is 94.3 Å². The van der Waals surface area contributed by atoms with Crippen molar-refractivity contribution >= 4 is 65.6 Å². The molecule has 0 saturated carbocycles. The fourth-order valence-electron chi connectivity index (χ4n) is 7.47. The molecule has 0 radical (unpaired) electrons. The summed E-state index contributed by atoms with van der Waals surface area (Å²) in [4.78, 5) is 19.9. The van der Waals surface area contributed by atoms with Crippen LogP contribution in [-0.2, 0) is 0 Å². The van der Waals surface area contributed by atoms with Crippen LogP contribution in [0, 0.1) is 0 Å². The predicted molar refractivity (Wildman–Crippen MR) is 209 cm³/mol. The summed E-state index contributed by atoms with van der Waals surface area (Å²) >= 11 is 0. The van der Waals surface area contributed by atoms with E-state index in [1.54, 1.807) is 0 Å². The van der Waals surface area contributed by atoms with Gasteiger partial charge in [0.15, 0.2) is 11.2 Å². The first-order chi connectivity index (χ1) is 25.7. The minimum Gasteiger partial charge on any atom is -0.436 e. The maximum atomic E-state index is 6.05. The Hall–Kier alpha value is -7.18. The number of benzene rings is 7. The van der Waals surface area contributed by atoms with Crippen molar-refractivity contribution in [1.29, 1.82) is 0 Å². The average Bonchev–Trinajstić information content (AvgIpc) is 3.84. The normalized spacial score (nSPS) is 11.8. The third-order valence-electron chi connectivity index (χ3n) is 9.90. The van der Waals surface area contributed by atoms with Gasteiger partial charge in [0.05, 0.1) is 22.4 Å². The van der Waals surface area contributed by atoms with E-state index in [1.165, 1.54) is 0 Å². The third-order valence-corrected chi connectivity index (χ3v) is 9.90. The maximum absolute atomic E-state index is 6.05. The van der Waals surface area contributed by atoms with E-state index >= 15 is 0 Å². The molecule has 11 rings (SSSR count). The fourth-order valence-corrected chi connectivity index (χ4v) is 7.47. The van der Waals surface area contributed by atoms with Crippen molar-refractivity contribution in [3.63, 3.8) is 0 Å². The van der Waals surface area contributed by atoms with Gasteiger partial charge in [0.2, 0.25) is 11.8 Å². The van der Waals surface area contributed by atoms with Gasteiger partial charge in [0.25, 0.3) is 0 Å². The summed E-state index contributed by atoms with van der Waals surface area (Å²) < 4.78 is 12.1. The van der Waals surface area contributed by atoms with Crippen molar-refractivity contribution < 1.29 is 8.83 Å². The number of fused-ring (bicyclic) bond motifs is 6. The Morgan fingerprint density at radius 2 is 0.731 bits per heavy atom. The number of nitrogens with zero attached hydrogens (tertiary/aromatic N) is 4. The molecule has 0 unspecified atom stereocenters. The number of hydrogen-bond donors (Lipinski definition) is 0. The zero-order valence-corrected chi connectivity index (χ0v) is 27.6. The van der Waals surface area contributed by atoms with Gasteiger partial charge in [-0.1, -0.05) is 84.9 Å². The third kappa shape index (κ3) is 4.51. The van der Waals surface area contributed by atoms with Crippen LogP contribution in [0.25, 0.3) is 111 Å². The first-order valence-electron chi connectivity index (χ1n) is 17.2. The highest BCUT2D eigenvalue weighted by molar-refractivity contribution is 6.21. The SMILES string of the molecule is c1ccc2oc(-c3ccc4nc(-c5c6ccccc6c(-c6ccc7cc(-c8nc9ccccc9o8)ccc7n6)c6ccccc56)ccc4c3)nc2c1. The lowest BCUT2D eigenvalue weighted by Gasteiger charge is -2.17. The standard InChI is InChI=1S/C46H26N4O2/c1-2-10-32-31(9-1)43(39-23-17-27-25-29(19-21-35(27)47-39)45-49-37-13-5-7-15-41(37)51-45)33-11-3-4-12-34(33)44(32)40-24-18-28-26-30(20-22-36(28)48-40)46-50-38-14-6-8-16-42(38)52-46/h1-26H. The molecular weight excluding hydrogens is 641 g/mol. The topological polar surface area (TPSA) is 77.8 Å². The summed E-state index contributed by atoms with van der Waals surface area (Å²) in [6.07, 6.45) is 0. The highest BCUT2D eigenvalue weighted by Crippen LogP contribution is 2.43. The summed E-state index contributed by atoms with van der Waals surface area (Å²) in [7, 11) is 0. The summed E-state index contributed by atoms with van der Waals surface area (Å²) in [5.41, 5.74) is 10.9. The van der Waals surface area contributed by atoms with Crippen molar-refractivity contribution in [2.45, 2.75) is 0 Å². The molecule has 4 heterocycles. The number of rotatable bonds is 4. The monoisotopic (exact) mass is 666 g/mol. The molecule has 0 spiro atoms. The summed E-state index contributed by atoms with van der Waals surface area (Å²) in [6, 6.07) is 53.7. The van der Waals surface area contributed by atoms with Crippen LogP contribution in [0.3, 0.4) is 0 Å². The Morgan fingerprint density at radius 3 is 1.15 bits per heavy atom. The van der Waals surface area contributed by atoms with Crippen molar-refractivity contribution in [2.75, 3.05) is 0 Å². The zero-order valence-electron chi connectivity index (χ0n) is 27.6. The lowest BCUT2D eigenvalue weighted by Crippen LogP contribution is -1.94. The first-order valence-corrected chi connectivity index (χ1v) is 17.2. The molecule has 0 fully saturated rings. The molecule has 0 atom stereocenters.